The fourth-order valence-electron chi connectivity index (χ4n) is 2.38. The van der Waals surface area contributed by atoms with Crippen LogP contribution < -0.4 is 5.32 Å². The molecule has 0 saturated heterocycles. The molecule has 1 N–H and O–H groups in total. The van der Waals surface area contributed by atoms with E-state index in [1.807, 2.05) is 0 Å². The van der Waals surface area contributed by atoms with Crippen LogP contribution in [0.3, 0.4) is 0 Å². The molecule has 1 aromatic rings. The highest BCUT2D eigenvalue weighted by Gasteiger charge is 2.31. The molecule has 2 rings (SSSR count). The quantitative estimate of drug-likeness (QED) is 0.925. The molecular weight excluding hydrogens is 281 g/mol. The SMILES string of the molecule is CC(C(=O)NC1CCCC1)S(=O)(=O)c1cccc(F)c1. The van der Waals surface area contributed by atoms with E-state index in [4.69, 9.17) is 0 Å². The summed E-state index contributed by atoms with van der Waals surface area (Å²) in [5, 5.41) is 1.54. The minimum Gasteiger partial charge on any atom is -0.352 e. The van der Waals surface area contributed by atoms with E-state index in [-0.39, 0.29) is 10.9 Å². The summed E-state index contributed by atoms with van der Waals surface area (Å²) in [4.78, 5) is 11.9. The molecule has 1 fully saturated rings. The van der Waals surface area contributed by atoms with Crippen molar-refractivity contribution in [2.75, 3.05) is 0 Å². The summed E-state index contributed by atoms with van der Waals surface area (Å²) in [6, 6.07) is 4.80. The molecule has 1 aliphatic rings. The number of carbonyl (C=O) groups is 1. The van der Waals surface area contributed by atoms with Crippen LogP contribution >= 0.6 is 0 Å². The zero-order valence-corrected chi connectivity index (χ0v) is 12.1. The van der Waals surface area contributed by atoms with E-state index in [0.717, 1.165) is 31.7 Å². The molecule has 1 aliphatic carbocycles. The van der Waals surface area contributed by atoms with E-state index < -0.39 is 26.8 Å². The highest BCUT2D eigenvalue weighted by Crippen LogP contribution is 2.20. The Morgan fingerprint density at radius 3 is 2.60 bits per heavy atom. The lowest BCUT2D eigenvalue weighted by Crippen LogP contribution is -2.42. The summed E-state index contributed by atoms with van der Waals surface area (Å²) in [7, 11) is -3.85. The Balaban J connectivity index is 2.14. The van der Waals surface area contributed by atoms with Gasteiger partial charge in [-0.25, -0.2) is 12.8 Å². The van der Waals surface area contributed by atoms with Crippen molar-refractivity contribution >= 4 is 15.7 Å². The number of amides is 1. The van der Waals surface area contributed by atoms with Crippen LogP contribution in [-0.2, 0) is 14.6 Å². The van der Waals surface area contributed by atoms with Crippen molar-refractivity contribution in [2.24, 2.45) is 0 Å². The normalized spacial score (nSPS) is 17.9. The monoisotopic (exact) mass is 299 g/mol. The van der Waals surface area contributed by atoms with Gasteiger partial charge in [0.25, 0.3) is 0 Å². The van der Waals surface area contributed by atoms with Gasteiger partial charge in [-0.2, -0.15) is 0 Å². The highest BCUT2D eigenvalue weighted by atomic mass is 32.2. The van der Waals surface area contributed by atoms with Crippen LogP contribution in [0.15, 0.2) is 29.2 Å². The Hall–Kier alpha value is -1.43. The second-order valence-corrected chi connectivity index (χ2v) is 7.40. The minimum absolute atomic E-state index is 0.0626. The number of hydrogen-bond acceptors (Lipinski definition) is 3. The van der Waals surface area contributed by atoms with Crippen LogP contribution in [0.1, 0.15) is 32.6 Å². The summed E-state index contributed by atoms with van der Waals surface area (Å²) >= 11 is 0. The average Bonchev–Trinajstić information content (AvgIpc) is 2.90. The molecule has 1 atom stereocenters. The number of nitrogens with one attached hydrogen (secondary N) is 1. The van der Waals surface area contributed by atoms with Gasteiger partial charge in [0.15, 0.2) is 9.84 Å². The first-order chi connectivity index (χ1) is 9.41. The van der Waals surface area contributed by atoms with Crippen molar-refractivity contribution in [2.45, 2.75) is 48.8 Å². The van der Waals surface area contributed by atoms with Gasteiger partial charge in [0, 0.05) is 6.04 Å². The smallest absolute Gasteiger partial charge is 0.238 e. The Bertz CT molecular complexity index is 594. The standard InChI is InChI=1S/C14H18FNO3S/c1-10(14(17)16-12-6-2-3-7-12)20(18,19)13-8-4-5-11(15)9-13/h4-5,8-10,12H,2-3,6-7H2,1H3,(H,16,17). The van der Waals surface area contributed by atoms with Gasteiger partial charge in [-0.05, 0) is 38.0 Å². The van der Waals surface area contributed by atoms with Crippen LogP contribution in [0.5, 0.6) is 0 Å². The molecule has 1 unspecified atom stereocenters. The molecule has 6 heteroatoms. The summed E-state index contributed by atoms with van der Waals surface area (Å²) in [6.07, 6.45) is 3.88. The van der Waals surface area contributed by atoms with Crippen LogP contribution in [-0.4, -0.2) is 25.6 Å². The van der Waals surface area contributed by atoms with Crippen molar-refractivity contribution in [3.63, 3.8) is 0 Å². The van der Waals surface area contributed by atoms with Gasteiger partial charge in [0.2, 0.25) is 5.91 Å². The first-order valence-electron chi connectivity index (χ1n) is 6.71. The molecule has 110 valence electrons. The van der Waals surface area contributed by atoms with Gasteiger partial charge in [-0.3, -0.25) is 4.79 Å². The number of rotatable bonds is 4. The van der Waals surface area contributed by atoms with Crippen LogP contribution in [0.4, 0.5) is 4.39 Å². The predicted molar refractivity (Wildman–Crippen MR) is 73.4 cm³/mol. The van der Waals surface area contributed by atoms with Gasteiger partial charge in [0.1, 0.15) is 11.1 Å². The minimum atomic E-state index is -3.85. The molecule has 0 radical (unpaired) electrons. The number of sulfone groups is 1. The number of hydrogen-bond donors (Lipinski definition) is 1. The summed E-state index contributed by atoms with van der Waals surface area (Å²) in [6.45, 7) is 1.34. The zero-order valence-electron chi connectivity index (χ0n) is 11.3. The van der Waals surface area contributed by atoms with Gasteiger partial charge in [-0.15, -0.1) is 0 Å². The molecule has 1 aromatic carbocycles. The third kappa shape index (κ3) is 3.17. The van der Waals surface area contributed by atoms with Crippen LogP contribution in [0.2, 0.25) is 0 Å². The topological polar surface area (TPSA) is 63.2 Å². The maximum atomic E-state index is 13.1. The summed E-state index contributed by atoms with van der Waals surface area (Å²) < 4.78 is 37.7. The fourth-order valence-corrected chi connectivity index (χ4v) is 3.68. The van der Waals surface area contributed by atoms with E-state index >= 15 is 0 Å². The molecule has 4 nitrogen and oxygen atoms in total. The molecule has 1 saturated carbocycles. The lowest BCUT2D eigenvalue weighted by molar-refractivity contribution is -0.121. The first-order valence-corrected chi connectivity index (χ1v) is 8.26. The molecule has 0 aromatic heterocycles. The van der Waals surface area contributed by atoms with Gasteiger partial charge in [-0.1, -0.05) is 18.9 Å². The molecule has 0 heterocycles. The van der Waals surface area contributed by atoms with E-state index in [0.29, 0.717) is 0 Å². The van der Waals surface area contributed by atoms with Gasteiger partial charge >= 0.3 is 0 Å². The van der Waals surface area contributed by atoms with Crippen molar-refractivity contribution in [3.05, 3.63) is 30.1 Å². The largest absolute Gasteiger partial charge is 0.352 e. The second kappa shape index (κ2) is 5.91. The summed E-state index contributed by atoms with van der Waals surface area (Å²) in [5.41, 5.74) is 0. The molecule has 0 spiro atoms. The van der Waals surface area contributed by atoms with E-state index in [1.165, 1.54) is 25.1 Å². The van der Waals surface area contributed by atoms with Crippen LogP contribution in [0.25, 0.3) is 0 Å². The Labute approximate surface area is 118 Å². The Morgan fingerprint density at radius 1 is 1.35 bits per heavy atom. The van der Waals surface area contributed by atoms with Crippen molar-refractivity contribution in [1.82, 2.24) is 5.32 Å². The van der Waals surface area contributed by atoms with E-state index in [9.17, 15) is 17.6 Å². The van der Waals surface area contributed by atoms with Crippen molar-refractivity contribution in [1.29, 1.82) is 0 Å². The van der Waals surface area contributed by atoms with E-state index in [2.05, 4.69) is 5.32 Å². The third-order valence-corrected chi connectivity index (χ3v) is 5.72. The maximum absolute atomic E-state index is 13.1. The molecule has 1 amide bonds. The first kappa shape index (κ1) is 15.0. The van der Waals surface area contributed by atoms with E-state index in [1.54, 1.807) is 0 Å². The fraction of sp³-hybridized carbons (Fsp3) is 0.500. The second-order valence-electron chi connectivity index (χ2n) is 5.13. The van der Waals surface area contributed by atoms with Gasteiger partial charge < -0.3 is 5.32 Å². The van der Waals surface area contributed by atoms with Crippen LogP contribution in [0, 0.1) is 5.82 Å². The van der Waals surface area contributed by atoms with Crippen molar-refractivity contribution in [3.8, 4) is 0 Å². The molecule has 0 bridgehead atoms. The summed E-state index contributed by atoms with van der Waals surface area (Å²) in [5.74, 6) is -1.14. The lowest BCUT2D eigenvalue weighted by Gasteiger charge is -2.17. The Morgan fingerprint density at radius 2 is 2.00 bits per heavy atom. The lowest BCUT2D eigenvalue weighted by atomic mass is 10.2. The molecular formula is C14H18FNO3S. The predicted octanol–water partition coefficient (Wildman–Crippen LogP) is 2.05. The highest BCUT2D eigenvalue weighted by molar-refractivity contribution is 7.92. The average molecular weight is 299 g/mol. The third-order valence-electron chi connectivity index (χ3n) is 3.66. The molecule has 0 aliphatic heterocycles. The Kier molecular flexibility index (Phi) is 4.42. The number of carbonyl (C=O) groups excluding carboxylic acids is 1. The molecule has 20 heavy (non-hydrogen) atoms. The number of halogens is 1. The van der Waals surface area contributed by atoms with Crippen molar-refractivity contribution < 1.29 is 17.6 Å². The van der Waals surface area contributed by atoms with Gasteiger partial charge in [0.05, 0.1) is 4.90 Å². The zero-order chi connectivity index (χ0) is 14.8. The maximum Gasteiger partial charge on any atom is 0.238 e. The number of benzene rings is 1.